The van der Waals surface area contributed by atoms with Crippen LogP contribution in [0.1, 0.15) is 25.8 Å². The molecule has 2 nitrogen and oxygen atoms in total. The third-order valence-electron chi connectivity index (χ3n) is 2.15. The van der Waals surface area contributed by atoms with Gasteiger partial charge in [-0.1, -0.05) is 19.9 Å². The van der Waals surface area contributed by atoms with Gasteiger partial charge < -0.3 is 9.84 Å². The lowest BCUT2D eigenvalue weighted by molar-refractivity contribution is 0.254. The molecule has 0 saturated heterocycles. The van der Waals surface area contributed by atoms with Gasteiger partial charge in [-0.05, 0) is 18.4 Å². The quantitative estimate of drug-likeness (QED) is 0.813. The van der Waals surface area contributed by atoms with E-state index in [1.54, 1.807) is 6.07 Å². The predicted octanol–water partition coefficient (Wildman–Crippen LogP) is 2.74. The first-order valence-corrected chi connectivity index (χ1v) is 5.15. The molecule has 1 rings (SSSR count). The molecule has 1 aromatic rings. The molecule has 0 amide bonds. The fourth-order valence-corrected chi connectivity index (χ4v) is 1.20. The zero-order valence-corrected chi connectivity index (χ0v) is 9.16. The summed E-state index contributed by atoms with van der Waals surface area (Å²) in [5, 5.41) is 9.02. The van der Waals surface area contributed by atoms with Gasteiger partial charge in [0.1, 0.15) is 11.6 Å². The highest BCUT2D eigenvalue weighted by molar-refractivity contribution is 5.33. The number of rotatable bonds is 5. The van der Waals surface area contributed by atoms with Gasteiger partial charge in [0.15, 0.2) is 0 Å². The molecule has 3 heteroatoms. The molecule has 1 aromatic carbocycles. The Balaban J connectivity index is 2.62. The van der Waals surface area contributed by atoms with Crippen LogP contribution in [-0.2, 0) is 6.61 Å². The van der Waals surface area contributed by atoms with Gasteiger partial charge in [0.25, 0.3) is 0 Å². The Labute approximate surface area is 89.7 Å². The number of hydrogen-bond acceptors (Lipinski definition) is 2. The molecule has 0 aliphatic carbocycles. The Morgan fingerprint density at radius 3 is 2.73 bits per heavy atom. The fraction of sp³-hybridized carbons (Fsp3) is 0.500. The summed E-state index contributed by atoms with van der Waals surface area (Å²) < 4.78 is 18.3. The lowest BCUT2D eigenvalue weighted by atomic mass is 10.1. The van der Waals surface area contributed by atoms with E-state index in [1.807, 2.05) is 0 Å². The average molecular weight is 212 g/mol. The van der Waals surface area contributed by atoms with Crippen molar-refractivity contribution < 1.29 is 14.2 Å². The molecule has 0 radical (unpaired) electrons. The van der Waals surface area contributed by atoms with E-state index in [9.17, 15) is 4.39 Å². The topological polar surface area (TPSA) is 29.5 Å². The minimum absolute atomic E-state index is 0.128. The third-order valence-corrected chi connectivity index (χ3v) is 2.15. The van der Waals surface area contributed by atoms with E-state index >= 15 is 0 Å². The van der Waals surface area contributed by atoms with Gasteiger partial charge in [-0.3, -0.25) is 0 Å². The van der Waals surface area contributed by atoms with Crippen molar-refractivity contribution in [3.8, 4) is 5.75 Å². The van der Waals surface area contributed by atoms with Crippen molar-refractivity contribution >= 4 is 0 Å². The number of benzene rings is 1. The van der Waals surface area contributed by atoms with Crippen LogP contribution in [0.25, 0.3) is 0 Å². The summed E-state index contributed by atoms with van der Waals surface area (Å²) >= 11 is 0. The number of ether oxygens (including phenoxy) is 1. The van der Waals surface area contributed by atoms with Crippen molar-refractivity contribution in [1.29, 1.82) is 0 Å². The van der Waals surface area contributed by atoms with Gasteiger partial charge in [0.2, 0.25) is 0 Å². The van der Waals surface area contributed by atoms with Gasteiger partial charge in [0.05, 0.1) is 13.2 Å². The molecule has 0 heterocycles. The maximum Gasteiger partial charge on any atom is 0.127 e. The Hall–Kier alpha value is -1.09. The van der Waals surface area contributed by atoms with Crippen molar-refractivity contribution in [3.63, 3.8) is 0 Å². The van der Waals surface area contributed by atoms with Crippen LogP contribution in [0.5, 0.6) is 5.75 Å². The average Bonchev–Trinajstić information content (AvgIpc) is 2.17. The van der Waals surface area contributed by atoms with Crippen molar-refractivity contribution in [3.05, 3.63) is 29.6 Å². The maximum atomic E-state index is 12.9. The maximum absolute atomic E-state index is 12.9. The van der Waals surface area contributed by atoms with Crippen LogP contribution in [0.2, 0.25) is 0 Å². The molecule has 0 bridgehead atoms. The van der Waals surface area contributed by atoms with E-state index in [0.29, 0.717) is 23.8 Å². The first-order valence-electron chi connectivity index (χ1n) is 5.15. The number of hydrogen-bond donors (Lipinski definition) is 1. The molecule has 0 aromatic heterocycles. The third kappa shape index (κ3) is 3.88. The van der Waals surface area contributed by atoms with Gasteiger partial charge in [-0.2, -0.15) is 0 Å². The normalized spacial score (nSPS) is 10.7. The van der Waals surface area contributed by atoms with Crippen LogP contribution in [0.3, 0.4) is 0 Å². The summed E-state index contributed by atoms with van der Waals surface area (Å²) in [6.45, 7) is 4.62. The second-order valence-electron chi connectivity index (χ2n) is 3.94. The van der Waals surface area contributed by atoms with E-state index in [4.69, 9.17) is 9.84 Å². The lowest BCUT2D eigenvalue weighted by Crippen LogP contribution is -2.03. The largest absolute Gasteiger partial charge is 0.493 e. The molecule has 15 heavy (non-hydrogen) atoms. The zero-order valence-electron chi connectivity index (χ0n) is 9.16. The summed E-state index contributed by atoms with van der Waals surface area (Å²) in [4.78, 5) is 0. The molecule has 0 saturated carbocycles. The Morgan fingerprint density at radius 2 is 2.13 bits per heavy atom. The second-order valence-corrected chi connectivity index (χ2v) is 3.94. The molecule has 84 valence electrons. The van der Waals surface area contributed by atoms with Gasteiger partial charge in [-0.15, -0.1) is 0 Å². The summed E-state index contributed by atoms with van der Waals surface area (Å²) in [6, 6.07) is 4.17. The molecular weight excluding hydrogens is 195 g/mol. The Kier molecular flexibility index (Phi) is 4.56. The smallest absolute Gasteiger partial charge is 0.127 e. The fourth-order valence-electron chi connectivity index (χ4n) is 1.20. The highest BCUT2D eigenvalue weighted by Crippen LogP contribution is 2.20. The first kappa shape index (κ1) is 12.0. The van der Waals surface area contributed by atoms with E-state index in [2.05, 4.69) is 13.8 Å². The number of halogens is 1. The molecule has 0 spiro atoms. The van der Waals surface area contributed by atoms with Crippen LogP contribution < -0.4 is 4.74 Å². The number of aliphatic hydroxyl groups excluding tert-OH is 1. The summed E-state index contributed by atoms with van der Waals surface area (Å²) in [5.74, 6) is 0.654. The van der Waals surface area contributed by atoms with Gasteiger partial charge in [0, 0.05) is 11.6 Å². The molecule has 0 unspecified atom stereocenters. The molecule has 1 N–H and O–H groups in total. The summed E-state index contributed by atoms with van der Waals surface area (Å²) in [6.07, 6.45) is 0.918. The van der Waals surface area contributed by atoms with Crippen molar-refractivity contribution in [1.82, 2.24) is 0 Å². The van der Waals surface area contributed by atoms with Crippen LogP contribution in [0.4, 0.5) is 4.39 Å². The van der Waals surface area contributed by atoms with Crippen LogP contribution in [0, 0.1) is 11.7 Å². The minimum atomic E-state index is -0.341. The van der Waals surface area contributed by atoms with Crippen LogP contribution >= 0.6 is 0 Å². The standard InChI is InChI=1S/C12H17FO2/c1-9(2)5-6-15-12-7-11(13)4-3-10(12)8-14/h3-4,7,9,14H,5-6,8H2,1-2H3. The predicted molar refractivity (Wildman–Crippen MR) is 57.3 cm³/mol. The highest BCUT2D eigenvalue weighted by Gasteiger charge is 2.04. The van der Waals surface area contributed by atoms with Gasteiger partial charge >= 0.3 is 0 Å². The summed E-state index contributed by atoms with van der Waals surface area (Å²) in [7, 11) is 0. The molecule has 0 aliphatic rings. The van der Waals surface area contributed by atoms with E-state index in [-0.39, 0.29) is 12.4 Å². The van der Waals surface area contributed by atoms with Crippen molar-refractivity contribution in [2.45, 2.75) is 26.9 Å². The molecule has 0 aliphatic heterocycles. The van der Waals surface area contributed by atoms with Gasteiger partial charge in [-0.25, -0.2) is 4.39 Å². The van der Waals surface area contributed by atoms with E-state index in [1.165, 1.54) is 12.1 Å². The molecule has 0 atom stereocenters. The second kappa shape index (κ2) is 5.71. The van der Waals surface area contributed by atoms with Crippen molar-refractivity contribution in [2.75, 3.05) is 6.61 Å². The number of aliphatic hydroxyl groups is 1. The van der Waals surface area contributed by atoms with Crippen LogP contribution in [0.15, 0.2) is 18.2 Å². The van der Waals surface area contributed by atoms with Crippen molar-refractivity contribution in [2.24, 2.45) is 5.92 Å². The van der Waals surface area contributed by atoms with E-state index < -0.39 is 0 Å². The first-order chi connectivity index (χ1) is 7.13. The minimum Gasteiger partial charge on any atom is -0.493 e. The lowest BCUT2D eigenvalue weighted by Gasteiger charge is -2.11. The molecule has 0 fully saturated rings. The monoisotopic (exact) mass is 212 g/mol. The zero-order chi connectivity index (χ0) is 11.3. The van der Waals surface area contributed by atoms with E-state index in [0.717, 1.165) is 6.42 Å². The highest BCUT2D eigenvalue weighted by atomic mass is 19.1. The van der Waals surface area contributed by atoms with Crippen LogP contribution in [-0.4, -0.2) is 11.7 Å². The Morgan fingerprint density at radius 1 is 1.40 bits per heavy atom. The molecular formula is C12H17FO2. The Bertz CT molecular complexity index is 310. The summed E-state index contributed by atoms with van der Waals surface area (Å²) in [5.41, 5.74) is 0.625. The SMILES string of the molecule is CC(C)CCOc1cc(F)ccc1CO.